The molecule has 86 valence electrons. The van der Waals surface area contributed by atoms with Crippen LogP contribution in [0.25, 0.3) is 0 Å². The van der Waals surface area contributed by atoms with Crippen LogP contribution in [0.2, 0.25) is 0 Å². The van der Waals surface area contributed by atoms with Crippen molar-refractivity contribution in [2.75, 3.05) is 19.8 Å². The summed E-state index contributed by atoms with van der Waals surface area (Å²) in [7, 11) is 0. The van der Waals surface area contributed by atoms with Crippen molar-refractivity contribution in [3.8, 4) is 0 Å². The largest absolute Gasteiger partial charge is 0.454 e. The van der Waals surface area contributed by atoms with Crippen molar-refractivity contribution >= 4 is 0 Å². The number of nitrogens with two attached hydrogens (primary N) is 1. The first-order valence-corrected chi connectivity index (χ1v) is 4.03. The van der Waals surface area contributed by atoms with Crippen LogP contribution < -0.4 is 5.73 Å². The molecule has 0 radical (unpaired) electrons. The van der Waals surface area contributed by atoms with E-state index in [-0.39, 0.29) is 0 Å². The minimum atomic E-state index is -5.51. The quantitative estimate of drug-likeness (QED) is 0.687. The van der Waals surface area contributed by atoms with Crippen molar-refractivity contribution < 1.29 is 26.7 Å². The zero-order chi connectivity index (χ0) is 11.2. The summed E-state index contributed by atoms with van der Waals surface area (Å²) >= 11 is 0. The van der Waals surface area contributed by atoms with Crippen LogP contribution in [0, 0.1) is 0 Å². The molecule has 7 heteroatoms. The maximum atomic E-state index is 11.4. The lowest BCUT2D eigenvalue weighted by atomic mass is 10.3. The van der Waals surface area contributed by atoms with Crippen LogP contribution in [-0.4, -0.2) is 31.9 Å². The van der Waals surface area contributed by atoms with E-state index in [1.807, 2.05) is 0 Å². The second-order valence-electron chi connectivity index (χ2n) is 2.73. The molecule has 0 unspecified atom stereocenters. The molecule has 0 spiro atoms. The molecule has 0 aromatic heterocycles. The van der Waals surface area contributed by atoms with Gasteiger partial charge >= 0.3 is 12.1 Å². The first-order chi connectivity index (χ1) is 6.31. The Morgan fingerprint density at radius 3 is 1.50 bits per heavy atom. The Kier molecular flexibility index (Phi) is 5.28. The van der Waals surface area contributed by atoms with E-state index in [2.05, 4.69) is 5.73 Å². The number of halogens is 5. The maximum absolute atomic E-state index is 11.4. The zero-order valence-electron chi connectivity index (χ0n) is 7.41. The molecule has 0 aromatic rings. The molecule has 0 amide bonds. The van der Waals surface area contributed by atoms with Crippen LogP contribution >= 0.6 is 0 Å². The smallest absolute Gasteiger partial charge is 0.381 e. The lowest BCUT2D eigenvalue weighted by molar-refractivity contribution is -0.276. The Bertz CT molecular complexity index is 147. The number of hydrogen-bond acceptors (Lipinski definition) is 2. The van der Waals surface area contributed by atoms with Gasteiger partial charge in [-0.3, -0.25) is 0 Å². The molecule has 1 heterocycles. The van der Waals surface area contributed by atoms with Crippen LogP contribution in [0.4, 0.5) is 22.0 Å². The van der Waals surface area contributed by atoms with Gasteiger partial charge in [-0.2, -0.15) is 22.0 Å². The summed E-state index contributed by atoms with van der Waals surface area (Å²) in [6, 6.07) is 0. The molecule has 0 atom stereocenters. The molecule has 1 aliphatic rings. The second kappa shape index (κ2) is 5.45. The van der Waals surface area contributed by atoms with E-state index >= 15 is 0 Å². The molecule has 14 heavy (non-hydrogen) atoms. The van der Waals surface area contributed by atoms with Gasteiger partial charge in [-0.15, -0.1) is 0 Å². The van der Waals surface area contributed by atoms with Gasteiger partial charge in [0.05, 0.1) is 6.54 Å². The van der Waals surface area contributed by atoms with Gasteiger partial charge in [0.1, 0.15) is 0 Å². The fourth-order valence-electron chi connectivity index (χ4n) is 0.626. The summed E-state index contributed by atoms with van der Waals surface area (Å²) in [6.45, 7) is 0.302. The highest BCUT2D eigenvalue weighted by Crippen LogP contribution is 2.33. The first kappa shape index (κ1) is 13.6. The predicted molar refractivity (Wildman–Crippen MR) is 40.1 cm³/mol. The fourth-order valence-corrected chi connectivity index (χ4v) is 0.626. The summed E-state index contributed by atoms with van der Waals surface area (Å²) in [5.74, 6) is -4.74. The second-order valence-corrected chi connectivity index (χ2v) is 2.73. The summed E-state index contributed by atoms with van der Waals surface area (Å²) in [6.07, 6.45) is -2.96. The van der Waals surface area contributed by atoms with E-state index in [0.717, 1.165) is 13.2 Å². The first-order valence-electron chi connectivity index (χ1n) is 4.03. The molecule has 2 nitrogen and oxygen atoms in total. The Hall–Kier alpha value is -0.430. The average molecular weight is 221 g/mol. The van der Waals surface area contributed by atoms with Gasteiger partial charge in [0.15, 0.2) is 0 Å². The molecule has 2 N–H and O–H groups in total. The predicted octanol–water partition coefficient (Wildman–Crippen LogP) is 1.94. The van der Waals surface area contributed by atoms with E-state index < -0.39 is 18.6 Å². The fraction of sp³-hybridized carbons (Fsp3) is 1.00. The molecular formula is C7H12F5NO. The van der Waals surface area contributed by atoms with Gasteiger partial charge in [0, 0.05) is 13.2 Å². The summed E-state index contributed by atoms with van der Waals surface area (Å²) in [4.78, 5) is 0. The standard InChI is InChI=1S/C4H8O.C3H4F5N/c1-2-4-5-3-1;4-2(5,1-9)3(6,7)8/h1-4H2;1,9H2. The van der Waals surface area contributed by atoms with Gasteiger partial charge in [0.25, 0.3) is 0 Å². The van der Waals surface area contributed by atoms with Crippen LogP contribution in [-0.2, 0) is 4.74 Å². The Morgan fingerprint density at radius 2 is 1.43 bits per heavy atom. The average Bonchev–Trinajstić information content (AvgIpc) is 2.59. The minimum Gasteiger partial charge on any atom is -0.381 e. The van der Waals surface area contributed by atoms with Crippen LogP contribution in [0.3, 0.4) is 0 Å². The molecule has 0 saturated carbocycles. The van der Waals surface area contributed by atoms with E-state index in [1.54, 1.807) is 0 Å². The Labute approximate surface area is 78.2 Å². The summed E-state index contributed by atoms with van der Waals surface area (Å²) in [5, 5.41) is 0. The van der Waals surface area contributed by atoms with Crippen LogP contribution in [0.1, 0.15) is 12.8 Å². The van der Waals surface area contributed by atoms with Crippen LogP contribution in [0.15, 0.2) is 0 Å². The lowest BCUT2D eigenvalue weighted by Gasteiger charge is -2.16. The molecular weight excluding hydrogens is 209 g/mol. The van der Waals surface area contributed by atoms with E-state index in [9.17, 15) is 22.0 Å². The highest BCUT2D eigenvalue weighted by Gasteiger charge is 2.56. The zero-order valence-corrected chi connectivity index (χ0v) is 7.41. The minimum absolute atomic E-state index is 1.00. The number of alkyl halides is 5. The summed E-state index contributed by atoms with van der Waals surface area (Å²) in [5.41, 5.74) is 4.12. The van der Waals surface area contributed by atoms with E-state index in [4.69, 9.17) is 4.74 Å². The van der Waals surface area contributed by atoms with Crippen molar-refractivity contribution in [1.82, 2.24) is 0 Å². The molecule has 1 fully saturated rings. The van der Waals surface area contributed by atoms with E-state index in [1.165, 1.54) is 12.8 Å². The molecule has 1 rings (SSSR count). The van der Waals surface area contributed by atoms with Gasteiger partial charge in [-0.25, -0.2) is 0 Å². The third-order valence-corrected chi connectivity index (χ3v) is 1.50. The molecule has 0 aromatic carbocycles. The van der Waals surface area contributed by atoms with Crippen molar-refractivity contribution in [1.29, 1.82) is 0 Å². The topological polar surface area (TPSA) is 35.2 Å². The Morgan fingerprint density at radius 1 is 1.00 bits per heavy atom. The SMILES string of the molecule is C1CCOC1.NCC(F)(F)C(F)(F)F. The number of rotatable bonds is 1. The van der Waals surface area contributed by atoms with Gasteiger partial charge in [-0.05, 0) is 12.8 Å². The highest BCUT2D eigenvalue weighted by molar-refractivity contribution is 4.75. The van der Waals surface area contributed by atoms with E-state index in [0.29, 0.717) is 0 Å². The Balaban J connectivity index is 0.000000280. The van der Waals surface area contributed by atoms with Gasteiger partial charge < -0.3 is 10.5 Å². The normalized spacial score (nSPS) is 17.6. The molecule has 1 aliphatic heterocycles. The summed E-state index contributed by atoms with van der Waals surface area (Å²) < 4.78 is 60.8. The molecule has 1 saturated heterocycles. The van der Waals surface area contributed by atoms with Gasteiger partial charge in [0.2, 0.25) is 0 Å². The lowest BCUT2D eigenvalue weighted by Crippen LogP contribution is -2.42. The maximum Gasteiger partial charge on any atom is 0.454 e. The van der Waals surface area contributed by atoms with Crippen molar-refractivity contribution in [2.24, 2.45) is 5.73 Å². The van der Waals surface area contributed by atoms with Crippen molar-refractivity contribution in [2.45, 2.75) is 24.9 Å². The number of ether oxygens (including phenoxy) is 1. The third kappa shape index (κ3) is 4.71. The van der Waals surface area contributed by atoms with Crippen molar-refractivity contribution in [3.63, 3.8) is 0 Å². The van der Waals surface area contributed by atoms with Crippen molar-refractivity contribution in [3.05, 3.63) is 0 Å². The van der Waals surface area contributed by atoms with Crippen LogP contribution in [0.5, 0.6) is 0 Å². The van der Waals surface area contributed by atoms with Gasteiger partial charge in [-0.1, -0.05) is 0 Å². The monoisotopic (exact) mass is 221 g/mol. The molecule has 0 bridgehead atoms. The highest BCUT2D eigenvalue weighted by atomic mass is 19.4. The molecule has 0 aliphatic carbocycles. The number of hydrogen-bond donors (Lipinski definition) is 1. The third-order valence-electron chi connectivity index (χ3n) is 1.50.